The van der Waals surface area contributed by atoms with Gasteiger partial charge in [0, 0.05) is 0 Å². The normalized spacial score (nSPS) is 9.00. The van der Waals surface area contributed by atoms with Crippen molar-refractivity contribution in [2.75, 3.05) is 7.11 Å². The highest BCUT2D eigenvalue weighted by Gasteiger charge is 2.10. The smallest absolute Gasteiger partial charge is 0.265 e. The van der Waals surface area contributed by atoms with Crippen molar-refractivity contribution < 1.29 is 9.53 Å². The number of carbonyl (C=O) groups is 1. The highest BCUT2D eigenvalue weighted by molar-refractivity contribution is 6.09. The molecule has 13 heavy (non-hydrogen) atoms. The molecule has 0 bridgehead atoms. The first-order valence-corrected chi connectivity index (χ1v) is 3.78. The first-order chi connectivity index (χ1) is 6.19. The lowest BCUT2D eigenvalue weighted by molar-refractivity contribution is 0.105. The van der Waals surface area contributed by atoms with Crippen LogP contribution in [0.3, 0.4) is 0 Å². The SMILES string of the molecule is COc1ccc(C)cc1C(=O)C#N. The zero-order chi connectivity index (χ0) is 9.84. The molecule has 0 fully saturated rings. The van der Waals surface area contributed by atoms with E-state index in [0.717, 1.165) is 5.56 Å². The maximum atomic E-state index is 11.1. The highest BCUT2D eigenvalue weighted by atomic mass is 16.5. The Balaban J connectivity index is 3.25. The maximum Gasteiger partial charge on any atom is 0.265 e. The summed E-state index contributed by atoms with van der Waals surface area (Å²) in [5.41, 5.74) is 1.25. The number of Topliss-reactive ketones (excluding diaryl/α,β-unsaturated/α-hetero) is 1. The molecule has 0 unspecified atom stereocenters. The topological polar surface area (TPSA) is 50.1 Å². The second kappa shape index (κ2) is 3.72. The predicted octanol–water partition coefficient (Wildman–Crippen LogP) is 1.71. The van der Waals surface area contributed by atoms with Crippen molar-refractivity contribution >= 4 is 5.78 Å². The highest BCUT2D eigenvalue weighted by Crippen LogP contribution is 2.19. The standard InChI is InChI=1S/C10H9NO2/c1-7-3-4-10(13-2)8(5-7)9(12)6-11/h3-5H,1-2H3. The first-order valence-electron chi connectivity index (χ1n) is 3.78. The minimum Gasteiger partial charge on any atom is -0.496 e. The van der Waals surface area contributed by atoms with Gasteiger partial charge in [-0.15, -0.1) is 0 Å². The Morgan fingerprint density at radius 2 is 2.23 bits per heavy atom. The van der Waals surface area contributed by atoms with E-state index in [9.17, 15) is 4.79 Å². The largest absolute Gasteiger partial charge is 0.496 e. The minimum atomic E-state index is -0.569. The number of hydrogen-bond acceptors (Lipinski definition) is 3. The van der Waals surface area contributed by atoms with Crippen LogP contribution in [0, 0.1) is 18.3 Å². The Hall–Kier alpha value is -1.82. The van der Waals surface area contributed by atoms with Crippen molar-refractivity contribution in [3.05, 3.63) is 29.3 Å². The van der Waals surface area contributed by atoms with Crippen molar-refractivity contribution in [1.29, 1.82) is 5.26 Å². The van der Waals surface area contributed by atoms with E-state index in [1.807, 2.05) is 13.0 Å². The molecule has 0 N–H and O–H groups in total. The molecule has 0 aliphatic carbocycles. The average Bonchev–Trinajstić information content (AvgIpc) is 2.16. The lowest BCUT2D eigenvalue weighted by Crippen LogP contribution is -1.99. The Morgan fingerprint density at radius 1 is 1.54 bits per heavy atom. The fraction of sp³-hybridized carbons (Fsp3) is 0.200. The fourth-order valence-corrected chi connectivity index (χ4v) is 1.06. The molecule has 0 saturated carbocycles. The van der Waals surface area contributed by atoms with E-state index in [-0.39, 0.29) is 0 Å². The molecule has 1 aromatic carbocycles. The van der Waals surface area contributed by atoms with Crippen molar-refractivity contribution in [3.8, 4) is 11.8 Å². The van der Waals surface area contributed by atoms with Gasteiger partial charge in [-0.05, 0) is 19.1 Å². The van der Waals surface area contributed by atoms with Gasteiger partial charge in [0.2, 0.25) is 0 Å². The Kier molecular flexibility index (Phi) is 2.65. The number of nitrogens with zero attached hydrogens (tertiary/aromatic N) is 1. The quantitative estimate of drug-likeness (QED) is 0.507. The van der Waals surface area contributed by atoms with Crippen LogP contribution in [0.4, 0.5) is 0 Å². The van der Waals surface area contributed by atoms with Crippen LogP contribution in [0.25, 0.3) is 0 Å². The van der Waals surface area contributed by atoms with Crippen molar-refractivity contribution in [3.63, 3.8) is 0 Å². The third kappa shape index (κ3) is 1.85. The zero-order valence-corrected chi connectivity index (χ0v) is 7.50. The lowest BCUT2D eigenvalue weighted by Gasteiger charge is -2.04. The lowest BCUT2D eigenvalue weighted by atomic mass is 10.1. The molecule has 1 aromatic rings. The maximum absolute atomic E-state index is 11.1. The molecule has 3 heteroatoms. The molecular weight excluding hydrogens is 166 g/mol. The van der Waals surface area contributed by atoms with Crippen LogP contribution in [0.5, 0.6) is 5.75 Å². The van der Waals surface area contributed by atoms with Crippen LogP contribution >= 0.6 is 0 Å². The third-order valence-electron chi connectivity index (χ3n) is 1.70. The first kappa shape index (κ1) is 9.27. The summed E-state index contributed by atoms with van der Waals surface area (Å²) >= 11 is 0. The van der Waals surface area contributed by atoms with Crippen LogP contribution in [0.1, 0.15) is 15.9 Å². The minimum absolute atomic E-state index is 0.324. The number of rotatable bonds is 2. The Morgan fingerprint density at radius 3 is 2.77 bits per heavy atom. The van der Waals surface area contributed by atoms with Gasteiger partial charge in [-0.3, -0.25) is 4.79 Å². The van der Waals surface area contributed by atoms with Gasteiger partial charge in [0.05, 0.1) is 12.7 Å². The van der Waals surface area contributed by atoms with E-state index < -0.39 is 5.78 Å². The molecule has 0 aromatic heterocycles. The summed E-state index contributed by atoms with van der Waals surface area (Å²) in [6.45, 7) is 1.85. The van der Waals surface area contributed by atoms with Crippen LogP contribution in [-0.2, 0) is 0 Å². The molecule has 0 amide bonds. The summed E-state index contributed by atoms with van der Waals surface area (Å²) in [4.78, 5) is 11.1. The van der Waals surface area contributed by atoms with Gasteiger partial charge in [0.15, 0.2) is 0 Å². The molecule has 66 valence electrons. The van der Waals surface area contributed by atoms with Gasteiger partial charge in [-0.2, -0.15) is 5.26 Å². The zero-order valence-electron chi connectivity index (χ0n) is 7.50. The third-order valence-corrected chi connectivity index (χ3v) is 1.70. The summed E-state index contributed by atoms with van der Waals surface area (Å²) < 4.78 is 4.95. The van der Waals surface area contributed by atoms with E-state index in [1.54, 1.807) is 18.2 Å². The van der Waals surface area contributed by atoms with Crippen molar-refractivity contribution in [2.45, 2.75) is 6.92 Å². The van der Waals surface area contributed by atoms with Crippen molar-refractivity contribution in [1.82, 2.24) is 0 Å². The number of ether oxygens (including phenoxy) is 1. The summed E-state index contributed by atoms with van der Waals surface area (Å²) in [7, 11) is 1.47. The predicted molar refractivity (Wildman–Crippen MR) is 47.7 cm³/mol. The number of carbonyl (C=O) groups excluding carboxylic acids is 1. The molecule has 0 spiro atoms. The van der Waals surface area contributed by atoms with Gasteiger partial charge in [-0.1, -0.05) is 11.6 Å². The molecule has 0 heterocycles. The van der Waals surface area contributed by atoms with E-state index in [0.29, 0.717) is 11.3 Å². The second-order valence-electron chi connectivity index (χ2n) is 2.64. The van der Waals surface area contributed by atoms with Crippen LogP contribution < -0.4 is 4.74 Å². The number of benzene rings is 1. The summed E-state index contributed by atoms with van der Waals surface area (Å²) in [6, 6.07) is 6.71. The number of methoxy groups -OCH3 is 1. The Bertz CT molecular complexity index is 377. The molecule has 0 saturated heterocycles. The number of nitriles is 1. The summed E-state index contributed by atoms with van der Waals surface area (Å²) in [5.74, 6) is -0.127. The van der Waals surface area contributed by atoms with Crippen LogP contribution in [-0.4, -0.2) is 12.9 Å². The van der Waals surface area contributed by atoms with Gasteiger partial charge < -0.3 is 4.74 Å². The molecular formula is C10H9NO2. The number of aryl methyl sites for hydroxylation is 1. The van der Waals surface area contributed by atoms with Crippen LogP contribution in [0.15, 0.2) is 18.2 Å². The van der Waals surface area contributed by atoms with E-state index >= 15 is 0 Å². The number of ketones is 1. The molecule has 3 nitrogen and oxygen atoms in total. The van der Waals surface area contributed by atoms with Gasteiger partial charge >= 0.3 is 0 Å². The molecule has 0 atom stereocenters. The van der Waals surface area contributed by atoms with Crippen LogP contribution in [0.2, 0.25) is 0 Å². The van der Waals surface area contributed by atoms with Gasteiger partial charge in [-0.25, -0.2) is 0 Å². The summed E-state index contributed by atoms with van der Waals surface area (Å²) in [5, 5.41) is 8.44. The van der Waals surface area contributed by atoms with Crippen molar-refractivity contribution in [2.24, 2.45) is 0 Å². The van der Waals surface area contributed by atoms with Gasteiger partial charge in [0.25, 0.3) is 5.78 Å². The van der Waals surface area contributed by atoms with Gasteiger partial charge in [0.1, 0.15) is 11.8 Å². The van der Waals surface area contributed by atoms with E-state index in [2.05, 4.69) is 0 Å². The monoisotopic (exact) mass is 175 g/mol. The van der Waals surface area contributed by atoms with E-state index in [4.69, 9.17) is 10.00 Å². The number of hydrogen-bond donors (Lipinski definition) is 0. The molecule has 0 aliphatic rings. The molecule has 0 radical (unpaired) electrons. The molecule has 0 aliphatic heterocycles. The summed E-state index contributed by atoms with van der Waals surface area (Å²) in [6.07, 6.45) is 0. The fourth-order valence-electron chi connectivity index (χ4n) is 1.06. The van der Waals surface area contributed by atoms with E-state index in [1.165, 1.54) is 7.11 Å². The molecule has 1 rings (SSSR count). The second-order valence-corrected chi connectivity index (χ2v) is 2.64. The average molecular weight is 175 g/mol. The Labute approximate surface area is 76.6 Å².